The molecule has 2 aliphatic heterocycles. The molecule has 8 heteroatoms. The summed E-state index contributed by atoms with van der Waals surface area (Å²) in [5.74, 6) is 0. The molecule has 0 spiro atoms. The molecule has 0 fully saturated rings. The van der Waals surface area contributed by atoms with Crippen molar-refractivity contribution in [3.05, 3.63) is 69.1 Å². The van der Waals surface area contributed by atoms with Crippen LogP contribution in [-0.2, 0) is 26.6 Å². The van der Waals surface area contributed by atoms with Crippen LogP contribution in [0.4, 0.5) is 0 Å². The molecule has 0 atom stereocenters. The van der Waals surface area contributed by atoms with Crippen LogP contribution in [0.5, 0.6) is 0 Å². The van der Waals surface area contributed by atoms with Crippen molar-refractivity contribution in [1.82, 2.24) is 19.3 Å². The van der Waals surface area contributed by atoms with Gasteiger partial charge in [0, 0.05) is 30.1 Å². The van der Waals surface area contributed by atoms with Crippen LogP contribution in [0, 0.1) is 0 Å². The molecule has 0 aliphatic carbocycles. The molecule has 30 heavy (non-hydrogen) atoms. The van der Waals surface area contributed by atoms with Gasteiger partial charge in [-0.1, -0.05) is 30.3 Å². The van der Waals surface area contributed by atoms with Gasteiger partial charge in [-0.05, 0) is 11.6 Å². The fourth-order valence-corrected chi connectivity index (χ4v) is 5.31. The summed E-state index contributed by atoms with van der Waals surface area (Å²) in [5, 5.41) is 6.33. The fraction of sp³-hybridized carbons (Fsp3) is 0.227. The van der Waals surface area contributed by atoms with Crippen LogP contribution in [0.25, 0.3) is 21.3 Å². The quantitative estimate of drug-likeness (QED) is 0.515. The van der Waals surface area contributed by atoms with Gasteiger partial charge in [0.15, 0.2) is 5.65 Å². The highest BCUT2D eigenvalue weighted by Gasteiger charge is 2.21. The maximum Gasteiger partial charge on any atom is 0.291 e. The predicted octanol–water partition coefficient (Wildman–Crippen LogP) is 2.90. The average Bonchev–Trinajstić information content (AvgIpc) is 3.52. The van der Waals surface area contributed by atoms with E-state index in [1.807, 2.05) is 29.8 Å². The molecule has 0 N–H and O–H groups in total. The third-order valence-corrected chi connectivity index (χ3v) is 6.76. The second kappa shape index (κ2) is 6.56. The number of aliphatic imine (C=N–C) groups is 2. The van der Waals surface area contributed by atoms with E-state index in [-0.39, 0.29) is 5.56 Å². The first-order chi connectivity index (χ1) is 14.7. The van der Waals surface area contributed by atoms with Crippen LogP contribution in [0.3, 0.4) is 0 Å². The molecule has 7 nitrogen and oxygen atoms in total. The largest absolute Gasteiger partial charge is 0.323 e. The third-order valence-electron chi connectivity index (χ3n) is 5.68. The van der Waals surface area contributed by atoms with Crippen molar-refractivity contribution in [2.45, 2.75) is 19.5 Å². The molecule has 0 amide bonds. The van der Waals surface area contributed by atoms with Crippen molar-refractivity contribution in [2.75, 3.05) is 6.54 Å². The standard InChI is InChI=1S/C22H18N6OS/c1-27-19-16(20-21(27)26-18(30-20)9-14-6-4-8-23-14)11-25-28(22(19)29)12-17-15-7-3-2-5-13(15)10-24-17/h2-7,11H,8-10,12H2,1H3. The normalized spacial score (nSPS) is 15.2. The highest BCUT2D eigenvalue weighted by molar-refractivity contribution is 7.19. The van der Waals surface area contributed by atoms with Crippen molar-refractivity contribution < 1.29 is 0 Å². The minimum atomic E-state index is -0.114. The summed E-state index contributed by atoms with van der Waals surface area (Å²) in [6, 6.07) is 8.15. The Labute approximate surface area is 175 Å². The first kappa shape index (κ1) is 17.5. The van der Waals surface area contributed by atoms with E-state index < -0.39 is 0 Å². The third kappa shape index (κ3) is 2.60. The Bertz CT molecular complexity index is 1480. The average molecular weight is 414 g/mol. The maximum absolute atomic E-state index is 13.3. The second-order valence-electron chi connectivity index (χ2n) is 7.52. The molecule has 2 aliphatic rings. The summed E-state index contributed by atoms with van der Waals surface area (Å²) < 4.78 is 4.40. The van der Waals surface area contributed by atoms with Crippen LogP contribution < -0.4 is 5.56 Å². The topological polar surface area (TPSA) is 77.4 Å². The van der Waals surface area contributed by atoms with Crippen LogP contribution in [0.1, 0.15) is 16.1 Å². The zero-order chi connectivity index (χ0) is 20.2. The summed E-state index contributed by atoms with van der Waals surface area (Å²) >= 11 is 1.61. The van der Waals surface area contributed by atoms with E-state index in [4.69, 9.17) is 4.98 Å². The molecule has 0 saturated carbocycles. The van der Waals surface area contributed by atoms with E-state index in [9.17, 15) is 4.79 Å². The Hall–Kier alpha value is -3.39. The molecular weight excluding hydrogens is 396 g/mol. The highest BCUT2D eigenvalue weighted by Crippen LogP contribution is 2.31. The number of aromatic nitrogens is 4. The molecule has 6 rings (SSSR count). The van der Waals surface area contributed by atoms with E-state index in [1.54, 1.807) is 17.5 Å². The number of thiazole rings is 1. The molecule has 0 saturated heterocycles. The lowest BCUT2D eigenvalue weighted by Crippen LogP contribution is -2.27. The van der Waals surface area contributed by atoms with Crippen molar-refractivity contribution in [3.63, 3.8) is 0 Å². The molecule has 3 aromatic heterocycles. The van der Waals surface area contributed by atoms with E-state index in [2.05, 4.69) is 33.3 Å². The molecule has 5 heterocycles. The van der Waals surface area contributed by atoms with Gasteiger partial charge in [0.1, 0.15) is 10.5 Å². The highest BCUT2D eigenvalue weighted by atomic mass is 32.1. The summed E-state index contributed by atoms with van der Waals surface area (Å²) in [6.45, 7) is 1.79. The zero-order valence-electron chi connectivity index (χ0n) is 16.4. The van der Waals surface area contributed by atoms with Crippen LogP contribution in [0.15, 0.2) is 57.4 Å². The van der Waals surface area contributed by atoms with Crippen molar-refractivity contribution in [3.8, 4) is 0 Å². The number of aryl methyl sites for hydroxylation is 1. The van der Waals surface area contributed by atoms with Crippen molar-refractivity contribution in [1.29, 1.82) is 0 Å². The van der Waals surface area contributed by atoms with Gasteiger partial charge in [0.05, 0.1) is 36.2 Å². The lowest BCUT2D eigenvalue weighted by atomic mass is 10.1. The van der Waals surface area contributed by atoms with Gasteiger partial charge >= 0.3 is 0 Å². The smallest absolute Gasteiger partial charge is 0.291 e. The monoisotopic (exact) mass is 414 g/mol. The van der Waals surface area contributed by atoms with Gasteiger partial charge in [-0.3, -0.25) is 14.8 Å². The number of rotatable bonds is 4. The summed E-state index contributed by atoms with van der Waals surface area (Å²) in [6.07, 6.45) is 6.61. The minimum absolute atomic E-state index is 0.114. The second-order valence-corrected chi connectivity index (χ2v) is 8.60. The van der Waals surface area contributed by atoms with Crippen molar-refractivity contribution in [2.24, 2.45) is 17.0 Å². The molecule has 0 bridgehead atoms. The molecule has 4 aromatic rings. The van der Waals surface area contributed by atoms with Crippen molar-refractivity contribution >= 4 is 44.0 Å². The first-order valence-electron chi connectivity index (χ1n) is 9.84. The first-order valence-corrected chi connectivity index (χ1v) is 10.7. The summed E-state index contributed by atoms with van der Waals surface area (Å²) in [5.41, 5.74) is 5.60. The molecule has 0 radical (unpaired) electrons. The molecule has 148 valence electrons. The Balaban J connectivity index is 1.40. The van der Waals surface area contributed by atoms with Gasteiger partial charge in [-0.25, -0.2) is 9.67 Å². The van der Waals surface area contributed by atoms with Gasteiger partial charge < -0.3 is 4.57 Å². The van der Waals surface area contributed by atoms with Gasteiger partial charge in [-0.15, -0.1) is 11.3 Å². The summed E-state index contributed by atoms with van der Waals surface area (Å²) in [4.78, 5) is 27.1. The lowest BCUT2D eigenvalue weighted by molar-refractivity contribution is 0.676. The number of allylic oxidation sites excluding steroid dienone is 1. The van der Waals surface area contributed by atoms with E-state index in [0.29, 0.717) is 18.6 Å². The van der Waals surface area contributed by atoms with Gasteiger partial charge in [-0.2, -0.15) is 5.10 Å². The fourth-order valence-electron chi connectivity index (χ4n) is 4.18. The molecule has 1 aromatic carbocycles. The zero-order valence-corrected chi connectivity index (χ0v) is 17.2. The number of fused-ring (bicyclic) bond motifs is 4. The Morgan fingerprint density at radius 2 is 2.10 bits per heavy atom. The Kier molecular flexibility index (Phi) is 3.82. The SMILES string of the molecule is Cn1c2nc(CC3=NCC=C3)sc2c2cnn(CC3=NCc4ccccc43)c(=O)c21. The maximum atomic E-state index is 13.3. The van der Waals surface area contributed by atoms with E-state index in [1.165, 1.54) is 10.2 Å². The number of hydrogen-bond donors (Lipinski definition) is 0. The van der Waals surface area contributed by atoms with Crippen LogP contribution >= 0.6 is 11.3 Å². The summed E-state index contributed by atoms with van der Waals surface area (Å²) in [7, 11) is 1.90. The Morgan fingerprint density at radius 1 is 1.20 bits per heavy atom. The lowest BCUT2D eigenvalue weighted by Gasteiger charge is -2.07. The van der Waals surface area contributed by atoms with E-state index >= 15 is 0 Å². The van der Waals surface area contributed by atoms with Gasteiger partial charge in [0.2, 0.25) is 0 Å². The molecule has 0 unspecified atom stereocenters. The Morgan fingerprint density at radius 3 is 2.97 bits per heavy atom. The van der Waals surface area contributed by atoms with Crippen LogP contribution in [0.2, 0.25) is 0 Å². The van der Waals surface area contributed by atoms with E-state index in [0.717, 1.165) is 50.7 Å². The number of benzene rings is 1. The predicted molar refractivity (Wildman–Crippen MR) is 120 cm³/mol. The minimum Gasteiger partial charge on any atom is -0.323 e. The van der Waals surface area contributed by atoms with Gasteiger partial charge in [0.25, 0.3) is 5.56 Å². The van der Waals surface area contributed by atoms with Crippen LogP contribution in [-0.4, -0.2) is 37.3 Å². The number of hydrogen-bond acceptors (Lipinski definition) is 6. The number of nitrogens with zero attached hydrogens (tertiary/aromatic N) is 6. The molecular formula is C22H18N6OS.